The Hall–Kier alpha value is -1.19. The number of piperidine rings is 1. The first-order valence-electron chi connectivity index (χ1n) is 7.21. The molecule has 1 rings (SSSR count). The quantitative estimate of drug-likeness (QED) is 0.487. The zero-order valence-corrected chi connectivity index (χ0v) is 15.0. The van der Waals surface area contributed by atoms with E-state index in [9.17, 15) is 21.6 Å². The zero-order valence-electron chi connectivity index (χ0n) is 13.4. The number of carbonyl (C=O) groups excluding carboxylic acids is 1. The second-order valence-electron chi connectivity index (χ2n) is 5.60. The van der Waals surface area contributed by atoms with Crippen LogP contribution in [0.2, 0.25) is 0 Å². The minimum Gasteiger partial charge on any atom is -0.342 e. The highest BCUT2D eigenvalue weighted by molar-refractivity contribution is 7.91. The molecule has 0 saturated carbocycles. The minimum absolute atomic E-state index is 0.00506. The first kappa shape index (κ1) is 19.9. The lowest BCUT2D eigenvalue weighted by Crippen LogP contribution is -2.42. The van der Waals surface area contributed by atoms with E-state index in [1.54, 1.807) is 13.0 Å². The van der Waals surface area contributed by atoms with Crippen LogP contribution in [0.3, 0.4) is 0 Å². The number of amides is 1. The molecule has 0 aliphatic carbocycles. The van der Waals surface area contributed by atoms with E-state index in [2.05, 4.69) is 6.58 Å². The van der Waals surface area contributed by atoms with Crippen molar-refractivity contribution in [3.8, 4) is 0 Å². The molecule has 0 radical (unpaired) electrons. The molecular weight excluding hydrogens is 342 g/mol. The van der Waals surface area contributed by atoms with Crippen molar-refractivity contribution in [2.24, 2.45) is 5.92 Å². The summed E-state index contributed by atoms with van der Waals surface area (Å²) in [6.07, 6.45) is 5.09. The SMILES string of the molecule is C=C(/C=C\C)S(=O)(=O)OCC1CCN(C(=O)CS(C)(=O)=O)CC1. The summed E-state index contributed by atoms with van der Waals surface area (Å²) < 4.78 is 50.8. The van der Waals surface area contributed by atoms with Crippen molar-refractivity contribution in [3.05, 3.63) is 23.6 Å². The first-order chi connectivity index (χ1) is 10.5. The molecule has 1 fully saturated rings. The molecule has 0 spiro atoms. The van der Waals surface area contributed by atoms with Crippen LogP contribution in [-0.2, 0) is 28.9 Å². The summed E-state index contributed by atoms with van der Waals surface area (Å²) in [5.74, 6) is -0.905. The molecule has 9 heteroatoms. The van der Waals surface area contributed by atoms with Crippen LogP contribution in [0.25, 0.3) is 0 Å². The maximum atomic E-state index is 11.8. The van der Waals surface area contributed by atoms with Crippen LogP contribution in [0.15, 0.2) is 23.6 Å². The van der Waals surface area contributed by atoms with Crippen molar-refractivity contribution < 1.29 is 25.8 Å². The van der Waals surface area contributed by atoms with Crippen molar-refractivity contribution in [3.63, 3.8) is 0 Å². The molecule has 7 nitrogen and oxygen atoms in total. The number of nitrogens with zero attached hydrogens (tertiary/aromatic N) is 1. The van der Waals surface area contributed by atoms with Crippen molar-refractivity contribution in [2.75, 3.05) is 31.7 Å². The number of carbonyl (C=O) groups is 1. The fourth-order valence-electron chi connectivity index (χ4n) is 2.20. The Bertz CT molecular complexity index is 670. The Morgan fingerprint density at radius 3 is 2.30 bits per heavy atom. The lowest BCUT2D eigenvalue weighted by atomic mass is 9.98. The Morgan fingerprint density at radius 2 is 1.83 bits per heavy atom. The minimum atomic E-state index is -3.82. The van der Waals surface area contributed by atoms with E-state index in [0.717, 1.165) is 6.26 Å². The van der Waals surface area contributed by atoms with Crippen LogP contribution in [0.5, 0.6) is 0 Å². The van der Waals surface area contributed by atoms with E-state index in [1.807, 2.05) is 0 Å². The molecule has 1 saturated heterocycles. The van der Waals surface area contributed by atoms with Crippen molar-refractivity contribution in [1.29, 1.82) is 0 Å². The monoisotopic (exact) mass is 365 g/mol. The van der Waals surface area contributed by atoms with Crippen LogP contribution in [0.4, 0.5) is 0 Å². The normalized spacial score (nSPS) is 17.6. The average Bonchev–Trinajstić information content (AvgIpc) is 2.44. The van der Waals surface area contributed by atoms with Gasteiger partial charge in [0.1, 0.15) is 5.75 Å². The molecule has 0 bridgehead atoms. The predicted molar refractivity (Wildman–Crippen MR) is 87.8 cm³/mol. The fourth-order valence-corrected chi connectivity index (χ4v) is 3.65. The molecule has 0 aromatic carbocycles. The number of hydrogen-bond acceptors (Lipinski definition) is 6. The fraction of sp³-hybridized carbons (Fsp3) is 0.643. The van der Waals surface area contributed by atoms with Gasteiger partial charge in [0.05, 0.1) is 11.5 Å². The van der Waals surface area contributed by atoms with Gasteiger partial charge in [-0.05, 0) is 31.8 Å². The number of hydrogen-bond donors (Lipinski definition) is 0. The van der Waals surface area contributed by atoms with E-state index in [-0.39, 0.29) is 17.4 Å². The highest BCUT2D eigenvalue weighted by Gasteiger charge is 2.26. The van der Waals surface area contributed by atoms with E-state index in [4.69, 9.17) is 4.18 Å². The van der Waals surface area contributed by atoms with Gasteiger partial charge >= 0.3 is 0 Å². The van der Waals surface area contributed by atoms with Gasteiger partial charge in [-0.3, -0.25) is 8.98 Å². The van der Waals surface area contributed by atoms with Gasteiger partial charge in [-0.15, -0.1) is 0 Å². The molecule has 0 atom stereocenters. The van der Waals surface area contributed by atoms with Crippen LogP contribution >= 0.6 is 0 Å². The maximum absolute atomic E-state index is 11.8. The summed E-state index contributed by atoms with van der Waals surface area (Å²) in [5, 5.41) is 0. The zero-order chi connectivity index (χ0) is 17.7. The summed E-state index contributed by atoms with van der Waals surface area (Å²) >= 11 is 0. The molecule has 1 amide bonds. The molecule has 0 unspecified atom stereocenters. The van der Waals surface area contributed by atoms with Gasteiger partial charge in [-0.1, -0.05) is 12.7 Å². The molecular formula is C14H23NO6S2. The van der Waals surface area contributed by atoms with Crippen LogP contribution in [0, 0.1) is 5.92 Å². The average molecular weight is 365 g/mol. The molecule has 0 aromatic heterocycles. The van der Waals surface area contributed by atoms with E-state index in [1.165, 1.54) is 11.0 Å². The molecule has 0 N–H and O–H groups in total. The Labute approximate surface area is 138 Å². The van der Waals surface area contributed by atoms with E-state index >= 15 is 0 Å². The summed E-state index contributed by atoms with van der Waals surface area (Å²) in [4.78, 5) is 13.2. The second-order valence-corrected chi connectivity index (χ2v) is 9.41. The molecule has 132 valence electrons. The lowest BCUT2D eigenvalue weighted by molar-refractivity contribution is -0.129. The Morgan fingerprint density at radius 1 is 1.26 bits per heavy atom. The molecule has 1 heterocycles. The van der Waals surface area contributed by atoms with Gasteiger partial charge < -0.3 is 4.90 Å². The van der Waals surface area contributed by atoms with Gasteiger partial charge in [-0.2, -0.15) is 8.42 Å². The topological polar surface area (TPSA) is 97.8 Å². The van der Waals surface area contributed by atoms with Crippen LogP contribution < -0.4 is 0 Å². The summed E-state index contributed by atoms with van der Waals surface area (Å²) in [6.45, 7) is 5.96. The maximum Gasteiger partial charge on any atom is 0.296 e. The largest absolute Gasteiger partial charge is 0.342 e. The first-order valence-corrected chi connectivity index (χ1v) is 10.7. The summed E-state index contributed by atoms with van der Waals surface area (Å²) in [6, 6.07) is 0. The second kappa shape index (κ2) is 8.07. The smallest absolute Gasteiger partial charge is 0.296 e. The number of rotatable bonds is 7. The Balaban J connectivity index is 2.46. The van der Waals surface area contributed by atoms with Crippen molar-refractivity contribution in [2.45, 2.75) is 19.8 Å². The number of allylic oxidation sites excluding steroid dienone is 2. The third kappa shape index (κ3) is 6.84. The van der Waals surface area contributed by atoms with Gasteiger partial charge in [0.15, 0.2) is 9.84 Å². The summed E-state index contributed by atoms with van der Waals surface area (Å²) in [5.41, 5.74) is 0. The van der Waals surface area contributed by atoms with Crippen molar-refractivity contribution in [1.82, 2.24) is 4.90 Å². The van der Waals surface area contributed by atoms with Gasteiger partial charge in [0.25, 0.3) is 10.1 Å². The van der Waals surface area contributed by atoms with Gasteiger partial charge in [0, 0.05) is 19.3 Å². The highest BCUT2D eigenvalue weighted by Crippen LogP contribution is 2.20. The van der Waals surface area contributed by atoms with Gasteiger partial charge in [-0.25, -0.2) is 8.42 Å². The lowest BCUT2D eigenvalue weighted by Gasteiger charge is -2.31. The highest BCUT2D eigenvalue weighted by atomic mass is 32.2. The molecule has 1 aliphatic heterocycles. The Kier molecular flexibility index (Phi) is 6.97. The van der Waals surface area contributed by atoms with Gasteiger partial charge in [0.2, 0.25) is 5.91 Å². The molecule has 23 heavy (non-hydrogen) atoms. The predicted octanol–water partition coefficient (Wildman–Crippen LogP) is 0.706. The molecule has 1 aliphatic rings. The van der Waals surface area contributed by atoms with Crippen LogP contribution in [-0.4, -0.2) is 59.3 Å². The number of likely N-dealkylation sites (tertiary alicyclic amines) is 1. The number of sulfone groups is 1. The third-order valence-corrected chi connectivity index (χ3v) is 5.48. The van der Waals surface area contributed by atoms with E-state index < -0.39 is 31.6 Å². The standard InChI is InChI=1S/C14H23NO6S2/c1-4-5-12(2)23(19,20)21-10-13-6-8-15(9-7-13)14(16)11-22(3,17)18/h4-5,13H,2,6-11H2,1,3H3/b5-4-. The molecule has 0 aromatic rings. The van der Waals surface area contributed by atoms with Crippen LogP contribution in [0.1, 0.15) is 19.8 Å². The summed E-state index contributed by atoms with van der Waals surface area (Å²) in [7, 11) is -7.16. The van der Waals surface area contributed by atoms with Crippen molar-refractivity contribution >= 4 is 25.9 Å². The van der Waals surface area contributed by atoms with E-state index in [0.29, 0.717) is 25.9 Å². The third-order valence-electron chi connectivity index (χ3n) is 3.49.